The van der Waals surface area contributed by atoms with Gasteiger partial charge in [-0.1, -0.05) is 52.8 Å². The lowest BCUT2D eigenvalue weighted by Gasteiger charge is -2.30. The molecule has 1 aliphatic rings. The molecule has 1 heterocycles. The number of fused-ring (bicyclic) bond motifs is 1. The molecule has 0 saturated carbocycles. The minimum atomic E-state index is -3.55. The Morgan fingerprint density at radius 3 is 2.46 bits per heavy atom. The Labute approximate surface area is 162 Å². The van der Waals surface area contributed by atoms with Crippen molar-refractivity contribution in [1.82, 2.24) is 9.62 Å². The number of sulfonamides is 1. The van der Waals surface area contributed by atoms with Gasteiger partial charge in [0.1, 0.15) is 0 Å². The third-order valence-corrected chi connectivity index (χ3v) is 6.81. The lowest BCUT2D eigenvalue weighted by Crippen LogP contribution is -2.43. The molecule has 138 valence electrons. The molecule has 1 saturated heterocycles. The Morgan fingerprint density at radius 1 is 1.15 bits per heavy atom. The molecule has 2 aromatic rings. The van der Waals surface area contributed by atoms with Crippen molar-refractivity contribution in [3.8, 4) is 0 Å². The molecule has 1 amide bonds. The summed E-state index contributed by atoms with van der Waals surface area (Å²) in [6, 6.07) is 12.9. The number of halogens is 1. The molecule has 0 atom stereocenters. The fraction of sp³-hybridized carbons (Fsp3) is 0.316. The lowest BCUT2D eigenvalue weighted by atomic mass is 9.97. The van der Waals surface area contributed by atoms with Crippen LogP contribution in [-0.4, -0.2) is 38.3 Å². The van der Waals surface area contributed by atoms with Crippen LogP contribution in [0.4, 0.5) is 0 Å². The molecule has 0 unspecified atom stereocenters. The third-order valence-electron chi connectivity index (χ3n) is 4.64. The van der Waals surface area contributed by atoms with Crippen LogP contribution in [0.25, 0.3) is 10.8 Å². The molecular weight excluding hydrogens is 416 g/mol. The number of nitrogens with zero attached hydrogens (tertiary/aromatic N) is 1. The van der Waals surface area contributed by atoms with E-state index in [4.69, 9.17) is 0 Å². The Bertz CT molecular complexity index is 935. The molecule has 0 aliphatic carbocycles. The summed E-state index contributed by atoms with van der Waals surface area (Å²) in [5, 5.41) is 4.71. The average Bonchev–Trinajstić information content (AvgIpc) is 2.65. The number of piperidine rings is 1. The van der Waals surface area contributed by atoms with Crippen LogP contribution >= 0.6 is 15.9 Å². The van der Waals surface area contributed by atoms with E-state index in [0.717, 1.165) is 10.8 Å². The highest BCUT2D eigenvalue weighted by atomic mass is 79.9. The molecule has 1 fully saturated rings. The van der Waals surface area contributed by atoms with E-state index in [1.165, 1.54) is 4.31 Å². The Hall–Kier alpha value is -1.70. The summed E-state index contributed by atoms with van der Waals surface area (Å²) in [5.74, 6) is -0.210. The minimum absolute atomic E-state index is 0.0478. The Morgan fingerprint density at radius 2 is 1.81 bits per heavy atom. The van der Waals surface area contributed by atoms with Crippen LogP contribution in [0.2, 0.25) is 0 Å². The van der Waals surface area contributed by atoms with Gasteiger partial charge in [0.2, 0.25) is 15.9 Å². The summed E-state index contributed by atoms with van der Waals surface area (Å²) in [4.78, 5) is 12.4. The predicted molar refractivity (Wildman–Crippen MR) is 107 cm³/mol. The van der Waals surface area contributed by atoms with Gasteiger partial charge < -0.3 is 5.32 Å². The third kappa shape index (κ3) is 4.16. The largest absolute Gasteiger partial charge is 0.351 e. The molecule has 26 heavy (non-hydrogen) atoms. The van der Waals surface area contributed by atoms with Crippen LogP contribution in [0.15, 0.2) is 58.4 Å². The standard InChI is InChI=1S/C19H21BrN2O3S/c1-14(20)13-21-19(23)16-8-10-22(11-9-16)26(24,25)18-7-6-15-4-2-3-5-17(15)12-18/h2-7,12,16H,1,8-11,13H2,(H,21,23). The summed E-state index contributed by atoms with van der Waals surface area (Å²) in [6.07, 6.45) is 1.04. The second-order valence-electron chi connectivity index (χ2n) is 6.42. The molecule has 3 rings (SSSR count). The Balaban J connectivity index is 1.69. The topological polar surface area (TPSA) is 66.5 Å². The molecule has 7 heteroatoms. The van der Waals surface area contributed by atoms with Gasteiger partial charge in [-0.2, -0.15) is 4.31 Å². The quantitative estimate of drug-likeness (QED) is 0.781. The summed E-state index contributed by atoms with van der Waals surface area (Å²) < 4.78 is 28.0. The van der Waals surface area contributed by atoms with E-state index < -0.39 is 10.0 Å². The zero-order chi connectivity index (χ0) is 18.7. The number of rotatable bonds is 5. The van der Waals surface area contributed by atoms with Gasteiger partial charge >= 0.3 is 0 Å². The molecule has 0 radical (unpaired) electrons. The van der Waals surface area contributed by atoms with Gasteiger partial charge in [-0.25, -0.2) is 8.42 Å². The maximum Gasteiger partial charge on any atom is 0.243 e. The van der Waals surface area contributed by atoms with E-state index in [2.05, 4.69) is 27.8 Å². The zero-order valence-corrected chi connectivity index (χ0v) is 16.7. The fourth-order valence-corrected chi connectivity index (χ4v) is 4.81. The van der Waals surface area contributed by atoms with Crippen molar-refractivity contribution in [1.29, 1.82) is 0 Å². The lowest BCUT2D eigenvalue weighted by molar-refractivity contribution is -0.125. The highest BCUT2D eigenvalue weighted by molar-refractivity contribution is 9.11. The molecule has 1 N–H and O–H groups in total. The first-order valence-corrected chi connectivity index (χ1v) is 10.7. The maximum atomic E-state index is 12.9. The molecule has 1 aliphatic heterocycles. The van der Waals surface area contributed by atoms with Crippen LogP contribution in [-0.2, 0) is 14.8 Å². The summed E-state index contributed by atoms with van der Waals surface area (Å²) in [6.45, 7) is 4.77. The first-order chi connectivity index (χ1) is 12.4. The Kier molecular flexibility index (Phi) is 5.79. The number of carbonyl (C=O) groups is 1. The van der Waals surface area contributed by atoms with Crippen molar-refractivity contribution in [3.05, 3.63) is 53.5 Å². The van der Waals surface area contributed by atoms with E-state index in [1.54, 1.807) is 12.1 Å². The number of hydrogen-bond acceptors (Lipinski definition) is 3. The molecular formula is C19H21BrN2O3S. The van der Waals surface area contributed by atoms with E-state index in [-0.39, 0.29) is 11.8 Å². The van der Waals surface area contributed by atoms with Crippen molar-refractivity contribution in [3.63, 3.8) is 0 Å². The molecule has 5 nitrogen and oxygen atoms in total. The highest BCUT2D eigenvalue weighted by Crippen LogP contribution is 2.26. The van der Waals surface area contributed by atoms with Gasteiger partial charge in [-0.15, -0.1) is 0 Å². The first kappa shape index (κ1) is 19.1. The normalized spacial score (nSPS) is 16.5. The number of hydrogen-bond donors (Lipinski definition) is 1. The first-order valence-electron chi connectivity index (χ1n) is 8.48. The van der Waals surface area contributed by atoms with Crippen molar-refractivity contribution < 1.29 is 13.2 Å². The molecule has 0 aromatic heterocycles. The number of carbonyl (C=O) groups excluding carboxylic acids is 1. The van der Waals surface area contributed by atoms with E-state index in [1.807, 2.05) is 30.3 Å². The number of benzene rings is 2. The monoisotopic (exact) mass is 436 g/mol. The van der Waals surface area contributed by atoms with Gasteiger partial charge in [-0.3, -0.25) is 4.79 Å². The second-order valence-corrected chi connectivity index (χ2v) is 9.48. The molecule has 0 spiro atoms. The predicted octanol–water partition coefficient (Wildman–Crippen LogP) is 3.27. The van der Waals surface area contributed by atoms with Crippen LogP contribution in [0, 0.1) is 5.92 Å². The highest BCUT2D eigenvalue weighted by Gasteiger charge is 2.32. The number of amides is 1. The molecule has 0 bridgehead atoms. The SMILES string of the molecule is C=C(Br)CNC(=O)C1CCN(S(=O)(=O)c2ccc3ccccc3c2)CC1. The van der Waals surface area contributed by atoms with Crippen molar-refractivity contribution >= 4 is 42.6 Å². The summed E-state index contributed by atoms with van der Waals surface area (Å²) in [5.41, 5.74) is 0. The maximum absolute atomic E-state index is 12.9. The molecule has 2 aromatic carbocycles. The van der Waals surface area contributed by atoms with Gasteiger partial charge in [0.05, 0.1) is 4.90 Å². The van der Waals surface area contributed by atoms with Crippen LogP contribution < -0.4 is 5.32 Å². The van der Waals surface area contributed by atoms with Gasteiger partial charge in [-0.05, 0) is 35.7 Å². The average molecular weight is 437 g/mol. The van der Waals surface area contributed by atoms with E-state index in [0.29, 0.717) is 41.9 Å². The van der Waals surface area contributed by atoms with Crippen molar-refractivity contribution in [2.24, 2.45) is 5.92 Å². The smallest absolute Gasteiger partial charge is 0.243 e. The van der Waals surface area contributed by atoms with Gasteiger partial charge in [0, 0.05) is 30.0 Å². The van der Waals surface area contributed by atoms with E-state index in [9.17, 15) is 13.2 Å². The minimum Gasteiger partial charge on any atom is -0.351 e. The van der Waals surface area contributed by atoms with Crippen LogP contribution in [0.1, 0.15) is 12.8 Å². The van der Waals surface area contributed by atoms with E-state index >= 15 is 0 Å². The zero-order valence-electron chi connectivity index (χ0n) is 14.3. The van der Waals surface area contributed by atoms with Crippen LogP contribution in [0.5, 0.6) is 0 Å². The van der Waals surface area contributed by atoms with Crippen molar-refractivity contribution in [2.75, 3.05) is 19.6 Å². The van der Waals surface area contributed by atoms with Crippen LogP contribution in [0.3, 0.4) is 0 Å². The summed E-state index contributed by atoms with van der Waals surface area (Å²) in [7, 11) is -3.55. The van der Waals surface area contributed by atoms with Gasteiger partial charge in [0.15, 0.2) is 0 Å². The van der Waals surface area contributed by atoms with Crippen molar-refractivity contribution in [2.45, 2.75) is 17.7 Å². The number of nitrogens with one attached hydrogen (secondary N) is 1. The van der Waals surface area contributed by atoms with Gasteiger partial charge in [0.25, 0.3) is 0 Å². The summed E-state index contributed by atoms with van der Waals surface area (Å²) >= 11 is 3.21. The second kappa shape index (κ2) is 7.90. The fourth-order valence-electron chi connectivity index (χ4n) is 3.16.